The number of nitrogens with zero attached hydrogens (tertiary/aromatic N) is 2. The minimum atomic E-state index is -3.63. The van der Waals surface area contributed by atoms with Crippen molar-refractivity contribution in [2.24, 2.45) is 5.92 Å². The molecule has 33 heavy (non-hydrogen) atoms. The maximum Gasteiger partial charge on any atom is 0.289 e. The number of benzene rings is 1. The lowest BCUT2D eigenvalue weighted by atomic mass is 9.96. The standard InChI is InChI=1S/C24H31N3O5S/c1-18-10-11-20(16-22(18)33(30,31)27-13-4-2-3-5-14-27)25-23(28)19-8-6-12-26(17-19)24(29)21-9-7-15-32-21/h7,9-11,15-16,19H,2-6,8,12-14,17H2,1H3,(H,25,28)/t19-/m1/s1. The van der Waals surface area contributed by atoms with E-state index in [2.05, 4.69) is 5.32 Å². The summed E-state index contributed by atoms with van der Waals surface area (Å²) in [5.41, 5.74) is 1.11. The minimum Gasteiger partial charge on any atom is -0.459 e. The van der Waals surface area contributed by atoms with E-state index in [1.165, 1.54) is 6.26 Å². The van der Waals surface area contributed by atoms with Crippen molar-refractivity contribution in [3.05, 3.63) is 47.9 Å². The molecule has 4 rings (SSSR count). The average molecular weight is 474 g/mol. The summed E-state index contributed by atoms with van der Waals surface area (Å²) < 4.78 is 33.3. The molecule has 1 N–H and O–H groups in total. The third-order valence-electron chi connectivity index (χ3n) is 6.45. The number of carbonyl (C=O) groups is 2. The fourth-order valence-electron chi connectivity index (χ4n) is 4.55. The molecule has 2 aromatic rings. The Balaban J connectivity index is 1.46. The Hall–Kier alpha value is -2.65. The third-order valence-corrected chi connectivity index (χ3v) is 8.49. The number of furan rings is 1. The summed E-state index contributed by atoms with van der Waals surface area (Å²) in [4.78, 5) is 27.4. The van der Waals surface area contributed by atoms with Crippen LogP contribution in [0.2, 0.25) is 0 Å². The van der Waals surface area contributed by atoms with Crippen LogP contribution in [0, 0.1) is 12.8 Å². The second-order valence-corrected chi connectivity index (χ2v) is 10.8. The van der Waals surface area contributed by atoms with Crippen molar-refractivity contribution >= 4 is 27.5 Å². The van der Waals surface area contributed by atoms with E-state index in [0.717, 1.165) is 25.7 Å². The van der Waals surface area contributed by atoms with Crippen LogP contribution in [0.3, 0.4) is 0 Å². The molecule has 0 unspecified atom stereocenters. The summed E-state index contributed by atoms with van der Waals surface area (Å²) in [7, 11) is -3.63. The molecule has 0 aliphatic carbocycles. The van der Waals surface area contributed by atoms with Gasteiger partial charge in [-0.25, -0.2) is 8.42 Å². The van der Waals surface area contributed by atoms with Gasteiger partial charge in [0.1, 0.15) is 0 Å². The van der Waals surface area contributed by atoms with Gasteiger partial charge >= 0.3 is 0 Å². The lowest BCUT2D eigenvalue weighted by Gasteiger charge is -2.31. The predicted molar refractivity (Wildman–Crippen MR) is 124 cm³/mol. The summed E-state index contributed by atoms with van der Waals surface area (Å²) in [6, 6.07) is 8.29. The second kappa shape index (κ2) is 10.1. The minimum absolute atomic E-state index is 0.214. The SMILES string of the molecule is Cc1ccc(NC(=O)[C@@H]2CCCN(C(=O)c3ccco3)C2)cc1S(=O)(=O)N1CCCCCC1. The first-order valence-corrected chi connectivity index (χ1v) is 13.0. The van der Waals surface area contributed by atoms with Gasteiger partial charge in [-0.2, -0.15) is 4.31 Å². The Morgan fingerprint density at radius 3 is 2.48 bits per heavy atom. The molecule has 1 atom stereocenters. The van der Waals surface area contributed by atoms with Crippen LogP contribution in [0.15, 0.2) is 45.9 Å². The van der Waals surface area contributed by atoms with Crippen LogP contribution in [0.4, 0.5) is 5.69 Å². The van der Waals surface area contributed by atoms with Crippen LogP contribution in [-0.4, -0.2) is 55.6 Å². The number of likely N-dealkylation sites (tertiary alicyclic amines) is 1. The van der Waals surface area contributed by atoms with Gasteiger partial charge in [0.05, 0.1) is 17.1 Å². The molecular formula is C24H31N3O5S. The van der Waals surface area contributed by atoms with Crippen LogP contribution in [0.1, 0.15) is 54.6 Å². The first-order valence-electron chi connectivity index (χ1n) is 11.6. The monoisotopic (exact) mass is 473 g/mol. The molecule has 0 bridgehead atoms. The van der Waals surface area contributed by atoms with Crippen molar-refractivity contribution < 1.29 is 22.4 Å². The van der Waals surface area contributed by atoms with E-state index in [9.17, 15) is 18.0 Å². The zero-order valence-electron chi connectivity index (χ0n) is 19.0. The number of amides is 2. The number of anilines is 1. The Bertz CT molecular complexity index is 1090. The van der Waals surface area contributed by atoms with Crippen LogP contribution in [0.25, 0.3) is 0 Å². The van der Waals surface area contributed by atoms with Gasteiger partial charge in [0.15, 0.2) is 5.76 Å². The summed E-state index contributed by atoms with van der Waals surface area (Å²) in [6.45, 7) is 3.71. The van der Waals surface area contributed by atoms with E-state index < -0.39 is 10.0 Å². The van der Waals surface area contributed by atoms with Gasteiger partial charge in [0, 0.05) is 31.9 Å². The van der Waals surface area contributed by atoms with Crippen molar-refractivity contribution in [1.82, 2.24) is 9.21 Å². The smallest absolute Gasteiger partial charge is 0.289 e. The summed E-state index contributed by atoms with van der Waals surface area (Å²) >= 11 is 0. The van der Waals surface area contributed by atoms with Gasteiger partial charge < -0.3 is 14.6 Å². The molecule has 2 aliphatic heterocycles. The molecule has 9 heteroatoms. The van der Waals surface area contributed by atoms with E-state index in [1.54, 1.807) is 46.5 Å². The van der Waals surface area contributed by atoms with Crippen molar-refractivity contribution in [3.63, 3.8) is 0 Å². The molecule has 2 fully saturated rings. The average Bonchev–Trinajstić information content (AvgIpc) is 3.21. The molecule has 2 saturated heterocycles. The number of aryl methyl sites for hydroxylation is 1. The number of hydrogen-bond acceptors (Lipinski definition) is 5. The molecule has 178 valence electrons. The lowest BCUT2D eigenvalue weighted by Crippen LogP contribution is -2.43. The van der Waals surface area contributed by atoms with Gasteiger partial charge in [0.25, 0.3) is 5.91 Å². The van der Waals surface area contributed by atoms with Crippen LogP contribution in [0.5, 0.6) is 0 Å². The zero-order valence-corrected chi connectivity index (χ0v) is 19.8. The first-order chi connectivity index (χ1) is 15.9. The van der Waals surface area contributed by atoms with E-state index in [-0.39, 0.29) is 28.4 Å². The molecule has 1 aromatic heterocycles. The fourth-order valence-corrected chi connectivity index (χ4v) is 6.32. The number of rotatable bonds is 5. The van der Waals surface area contributed by atoms with Gasteiger partial charge in [-0.3, -0.25) is 9.59 Å². The van der Waals surface area contributed by atoms with Gasteiger partial charge in [-0.05, 0) is 62.4 Å². The molecule has 0 saturated carbocycles. The maximum absolute atomic E-state index is 13.3. The molecule has 2 amide bonds. The molecule has 0 radical (unpaired) electrons. The zero-order chi connectivity index (χ0) is 23.4. The van der Waals surface area contributed by atoms with Crippen LogP contribution < -0.4 is 5.32 Å². The fraction of sp³-hybridized carbons (Fsp3) is 0.500. The number of hydrogen-bond donors (Lipinski definition) is 1. The normalized spacial score (nSPS) is 20.3. The van der Waals surface area contributed by atoms with Gasteiger partial charge in [0.2, 0.25) is 15.9 Å². The topological polar surface area (TPSA) is 99.9 Å². The van der Waals surface area contributed by atoms with E-state index >= 15 is 0 Å². The Morgan fingerprint density at radius 2 is 1.79 bits per heavy atom. The highest BCUT2D eigenvalue weighted by Gasteiger charge is 2.31. The van der Waals surface area contributed by atoms with Crippen LogP contribution in [-0.2, 0) is 14.8 Å². The van der Waals surface area contributed by atoms with Crippen LogP contribution >= 0.6 is 0 Å². The number of sulfonamides is 1. The quantitative estimate of drug-likeness (QED) is 0.715. The van der Waals surface area contributed by atoms with E-state index in [0.29, 0.717) is 50.3 Å². The Kier molecular flexibility index (Phi) is 7.19. The highest BCUT2D eigenvalue weighted by Crippen LogP contribution is 2.27. The number of carbonyl (C=O) groups excluding carboxylic acids is 2. The summed E-state index contributed by atoms with van der Waals surface area (Å²) in [6.07, 6.45) is 6.65. The lowest BCUT2D eigenvalue weighted by molar-refractivity contribution is -0.121. The van der Waals surface area contributed by atoms with Gasteiger partial charge in [-0.15, -0.1) is 0 Å². The van der Waals surface area contributed by atoms with Crippen molar-refractivity contribution in [1.29, 1.82) is 0 Å². The van der Waals surface area contributed by atoms with Crippen molar-refractivity contribution in [2.45, 2.75) is 50.3 Å². The highest BCUT2D eigenvalue weighted by molar-refractivity contribution is 7.89. The van der Waals surface area contributed by atoms with Crippen molar-refractivity contribution in [3.8, 4) is 0 Å². The molecular weight excluding hydrogens is 442 g/mol. The van der Waals surface area contributed by atoms with Crippen molar-refractivity contribution in [2.75, 3.05) is 31.5 Å². The third kappa shape index (κ3) is 5.30. The van der Waals surface area contributed by atoms with E-state index in [4.69, 9.17) is 4.42 Å². The largest absolute Gasteiger partial charge is 0.459 e. The molecule has 2 aliphatic rings. The Labute approximate surface area is 195 Å². The molecule has 3 heterocycles. The van der Waals surface area contributed by atoms with E-state index in [1.807, 2.05) is 0 Å². The highest BCUT2D eigenvalue weighted by atomic mass is 32.2. The van der Waals surface area contributed by atoms with Gasteiger partial charge in [-0.1, -0.05) is 18.9 Å². The summed E-state index contributed by atoms with van der Waals surface area (Å²) in [5, 5.41) is 2.88. The number of piperidine rings is 1. The Morgan fingerprint density at radius 1 is 1.03 bits per heavy atom. The predicted octanol–water partition coefficient (Wildman–Crippen LogP) is 3.64. The first kappa shape index (κ1) is 23.5. The molecule has 0 spiro atoms. The number of nitrogens with one attached hydrogen (secondary N) is 1. The maximum atomic E-state index is 13.3. The molecule has 8 nitrogen and oxygen atoms in total. The molecule has 1 aromatic carbocycles. The second-order valence-electron chi connectivity index (χ2n) is 8.86. The summed E-state index contributed by atoms with van der Waals surface area (Å²) in [5.74, 6) is -0.546.